The van der Waals surface area contributed by atoms with Gasteiger partial charge < -0.3 is 5.32 Å². The molecule has 0 saturated carbocycles. The normalized spacial score (nSPS) is 10.8. The summed E-state index contributed by atoms with van der Waals surface area (Å²) in [4.78, 5) is 12.9. The highest BCUT2D eigenvalue weighted by Crippen LogP contribution is 2.15. The minimum atomic E-state index is -0.387. The van der Waals surface area contributed by atoms with Crippen LogP contribution in [0.4, 0.5) is 5.69 Å². The van der Waals surface area contributed by atoms with Gasteiger partial charge in [-0.2, -0.15) is 5.26 Å². The van der Waals surface area contributed by atoms with Crippen molar-refractivity contribution in [2.45, 2.75) is 6.92 Å². The lowest BCUT2D eigenvalue weighted by Crippen LogP contribution is -2.13. The number of rotatable bonds is 3. The highest BCUT2D eigenvalue weighted by molar-refractivity contribution is 7.10. The average molecular weight is 268 g/mol. The van der Waals surface area contributed by atoms with Crippen molar-refractivity contribution in [3.05, 3.63) is 57.8 Å². The molecule has 94 valence electrons. The Kier molecular flexibility index (Phi) is 4.11. The number of benzene rings is 1. The van der Waals surface area contributed by atoms with Crippen LogP contribution in [0.1, 0.15) is 10.4 Å². The van der Waals surface area contributed by atoms with Crippen molar-refractivity contribution in [1.82, 2.24) is 0 Å². The quantitative estimate of drug-likeness (QED) is 0.683. The highest BCUT2D eigenvalue weighted by Gasteiger charge is 2.09. The third-order valence-electron chi connectivity index (χ3n) is 2.47. The molecular weight excluding hydrogens is 256 g/mol. The summed E-state index contributed by atoms with van der Waals surface area (Å²) in [7, 11) is 0. The van der Waals surface area contributed by atoms with Crippen LogP contribution in [-0.4, -0.2) is 5.91 Å². The first-order valence-corrected chi connectivity index (χ1v) is 6.60. The number of nitrogens with one attached hydrogen (secondary N) is 1. The lowest BCUT2D eigenvalue weighted by Gasteiger charge is -2.04. The summed E-state index contributed by atoms with van der Waals surface area (Å²) in [5.74, 6) is -0.387. The van der Waals surface area contributed by atoms with Gasteiger partial charge >= 0.3 is 0 Å². The molecule has 1 aromatic heterocycles. The highest BCUT2D eigenvalue weighted by atomic mass is 32.1. The third kappa shape index (κ3) is 3.54. The van der Waals surface area contributed by atoms with Gasteiger partial charge in [-0.1, -0.05) is 18.2 Å². The van der Waals surface area contributed by atoms with Crippen molar-refractivity contribution >= 4 is 29.0 Å². The Hall–Kier alpha value is -2.38. The van der Waals surface area contributed by atoms with Crippen LogP contribution in [0.25, 0.3) is 6.08 Å². The van der Waals surface area contributed by atoms with E-state index in [-0.39, 0.29) is 11.5 Å². The van der Waals surface area contributed by atoms with E-state index in [9.17, 15) is 4.79 Å². The minimum Gasteiger partial charge on any atom is -0.321 e. The fourth-order valence-electron chi connectivity index (χ4n) is 1.59. The Labute approximate surface area is 115 Å². The Morgan fingerprint density at radius 1 is 1.37 bits per heavy atom. The van der Waals surface area contributed by atoms with Crippen molar-refractivity contribution in [1.29, 1.82) is 5.26 Å². The summed E-state index contributed by atoms with van der Waals surface area (Å²) in [5.41, 5.74) is 1.85. The lowest BCUT2D eigenvalue weighted by atomic mass is 10.2. The maximum Gasteiger partial charge on any atom is 0.266 e. The van der Waals surface area contributed by atoms with Gasteiger partial charge in [0.2, 0.25) is 0 Å². The van der Waals surface area contributed by atoms with E-state index in [4.69, 9.17) is 5.26 Å². The van der Waals surface area contributed by atoms with Gasteiger partial charge in [-0.3, -0.25) is 4.79 Å². The number of hydrogen-bond donors (Lipinski definition) is 1. The predicted molar refractivity (Wildman–Crippen MR) is 77.7 cm³/mol. The maximum absolute atomic E-state index is 12.0. The van der Waals surface area contributed by atoms with Gasteiger partial charge in [0.25, 0.3) is 5.91 Å². The molecule has 0 unspecified atom stereocenters. The summed E-state index contributed by atoms with van der Waals surface area (Å²) in [6.07, 6.45) is 1.59. The summed E-state index contributed by atoms with van der Waals surface area (Å²) >= 11 is 1.49. The first-order chi connectivity index (χ1) is 9.19. The fourth-order valence-corrected chi connectivity index (χ4v) is 2.24. The number of carbonyl (C=O) groups is 1. The number of anilines is 1. The Balaban J connectivity index is 2.17. The molecule has 2 rings (SSSR count). The van der Waals surface area contributed by atoms with Crippen LogP contribution in [0.2, 0.25) is 0 Å². The first kappa shape index (κ1) is 13.1. The van der Waals surface area contributed by atoms with Gasteiger partial charge in [-0.25, -0.2) is 0 Å². The molecule has 3 nitrogen and oxygen atoms in total. The van der Waals surface area contributed by atoms with Crippen LogP contribution in [0, 0.1) is 18.3 Å². The smallest absolute Gasteiger partial charge is 0.266 e. The maximum atomic E-state index is 12.0. The minimum absolute atomic E-state index is 0.101. The van der Waals surface area contributed by atoms with E-state index in [0.717, 1.165) is 10.4 Å². The van der Waals surface area contributed by atoms with Gasteiger partial charge in [0, 0.05) is 10.6 Å². The van der Waals surface area contributed by atoms with Crippen LogP contribution in [-0.2, 0) is 4.79 Å². The van der Waals surface area contributed by atoms with Crippen LogP contribution in [0.5, 0.6) is 0 Å². The lowest BCUT2D eigenvalue weighted by molar-refractivity contribution is -0.112. The first-order valence-electron chi connectivity index (χ1n) is 5.72. The van der Waals surface area contributed by atoms with Crippen molar-refractivity contribution in [2.75, 3.05) is 5.32 Å². The Morgan fingerprint density at radius 2 is 2.21 bits per heavy atom. The number of nitriles is 1. The molecule has 0 spiro atoms. The van der Waals surface area contributed by atoms with E-state index in [1.54, 1.807) is 12.1 Å². The molecule has 19 heavy (non-hydrogen) atoms. The van der Waals surface area contributed by atoms with E-state index >= 15 is 0 Å². The molecule has 0 aliphatic rings. The molecule has 0 aliphatic carbocycles. The third-order valence-corrected chi connectivity index (χ3v) is 3.29. The zero-order valence-corrected chi connectivity index (χ0v) is 11.2. The monoisotopic (exact) mass is 268 g/mol. The molecule has 0 atom stereocenters. The fraction of sp³-hybridized carbons (Fsp3) is 0.0667. The summed E-state index contributed by atoms with van der Waals surface area (Å²) in [6, 6.07) is 13.1. The van der Waals surface area contributed by atoms with Gasteiger partial charge in [-0.05, 0) is 42.1 Å². The number of aryl methyl sites for hydroxylation is 1. The Morgan fingerprint density at radius 3 is 2.84 bits per heavy atom. The zero-order valence-electron chi connectivity index (χ0n) is 10.4. The van der Waals surface area contributed by atoms with E-state index in [1.165, 1.54) is 11.3 Å². The number of hydrogen-bond acceptors (Lipinski definition) is 3. The average Bonchev–Trinajstić information content (AvgIpc) is 2.88. The molecular formula is C15H12N2OS. The molecule has 0 fully saturated rings. The molecule has 1 amide bonds. The van der Waals surface area contributed by atoms with Gasteiger partial charge in [-0.15, -0.1) is 11.3 Å². The van der Waals surface area contributed by atoms with Gasteiger partial charge in [0.1, 0.15) is 11.6 Å². The molecule has 1 N–H and O–H groups in total. The summed E-state index contributed by atoms with van der Waals surface area (Å²) in [5, 5.41) is 13.7. The molecule has 4 heteroatoms. The molecule has 0 radical (unpaired) electrons. The van der Waals surface area contributed by atoms with Gasteiger partial charge in [0.15, 0.2) is 0 Å². The second-order valence-electron chi connectivity index (χ2n) is 4.01. The molecule has 1 aromatic carbocycles. The summed E-state index contributed by atoms with van der Waals surface area (Å²) < 4.78 is 0. The van der Waals surface area contributed by atoms with Crippen LogP contribution in [0.15, 0.2) is 47.4 Å². The van der Waals surface area contributed by atoms with E-state index in [2.05, 4.69) is 5.32 Å². The number of amides is 1. The van der Waals surface area contributed by atoms with E-state index < -0.39 is 0 Å². The van der Waals surface area contributed by atoms with Crippen LogP contribution >= 0.6 is 11.3 Å². The zero-order chi connectivity index (χ0) is 13.7. The molecule has 2 aromatic rings. The summed E-state index contributed by atoms with van der Waals surface area (Å²) in [6.45, 7) is 1.95. The van der Waals surface area contributed by atoms with E-state index in [0.29, 0.717) is 5.69 Å². The predicted octanol–water partition coefficient (Wildman–Crippen LogP) is 3.60. The van der Waals surface area contributed by atoms with Crippen LogP contribution in [0.3, 0.4) is 0 Å². The van der Waals surface area contributed by atoms with Crippen molar-refractivity contribution in [3.63, 3.8) is 0 Å². The number of nitrogens with zero attached hydrogens (tertiary/aromatic N) is 1. The number of thiophene rings is 1. The van der Waals surface area contributed by atoms with Crippen molar-refractivity contribution < 1.29 is 4.79 Å². The molecule has 0 saturated heterocycles. The topological polar surface area (TPSA) is 52.9 Å². The van der Waals surface area contributed by atoms with Crippen molar-refractivity contribution in [2.24, 2.45) is 0 Å². The second kappa shape index (κ2) is 5.98. The largest absolute Gasteiger partial charge is 0.321 e. The van der Waals surface area contributed by atoms with Crippen molar-refractivity contribution in [3.8, 4) is 6.07 Å². The van der Waals surface area contributed by atoms with E-state index in [1.807, 2.05) is 48.7 Å². The molecule has 0 aliphatic heterocycles. The van der Waals surface area contributed by atoms with Crippen LogP contribution < -0.4 is 5.32 Å². The standard InChI is InChI=1S/C15H12N2OS/c1-11-4-2-5-13(8-11)17-15(18)12(10-16)9-14-6-3-7-19-14/h2-9H,1H3,(H,17,18). The van der Waals surface area contributed by atoms with Gasteiger partial charge in [0.05, 0.1) is 0 Å². The Bertz CT molecular complexity index is 651. The second-order valence-corrected chi connectivity index (χ2v) is 4.99. The molecule has 0 bridgehead atoms. The molecule has 1 heterocycles. The number of carbonyl (C=O) groups excluding carboxylic acids is 1. The SMILES string of the molecule is Cc1cccc(NC(=O)C(C#N)=Cc2cccs2)c1.